The van der Waals surface area contributed by atoms with Gasteiger partial charge in [-0.25, -0.2) is 0 Å². The summed E-state index contributed by atoms with van der Waals surface area (Å²) in [6.07, 6.45) is 0. The maximum absolute atomic E-state index is 12.5. The van der Waals surface area contributed by atoms with E-state index < -0.39 is 0 Å². The van der Waals surface area contributed by atoms with Crippen LogP contribution in [0.4, 0.5) is 11.4 Å². The molecular weight excluding hydrogens is 304 g/mol. The predicted molar refractivity (Wildman–Crippen MR) is 93.7 cm³/mol. The van der Waals surface area contributed by atoms with Crippen molar-refractivity contribution >= 4 is 23.2 Å². The van der Waals surface area contributed by atoms with E-state index in [1.165, 1.54) is 0 Å². The predicted octanol–water partition coefficient (Wildman–Crippen LogP) is 3.38. The van der Waals surface area contributed by atoms with Crippen LogP contribution >= 0.6 is 0 Å². The van der Waals surface area contributed by atoms with E-state index >= 15 is 0 Å². The van der Waals surface area contributed by atoms with Gasteiger partial charge in [-0.15, -0.1) is 0 Å². The molecule has 24 heavy (non-hydrogen) atoms. The van der Waals surface area contributed by atoms with E-state index in [2.05, 4.69) is 5.32 Å². The summed E-state index contributed by atoms with van der Waals surface area (Å²) >= 11 is 0. The van der Waals surface area contributed by atoms with Crippen LogP contribution in [0.5, 0.6) is 5.75 Å². The smallest absolute Gasteiger partial charge is 0.265 e. The second kappa shape index (κ2) is 6.35. The molecule has 0 saturated carbocycles. The largest absolute Gasteiger partial charge is 0.482 e. The van der Waals surface area contributed by atoms with E-state index in [0.717, 1.165) is 5.56 Å². The number of amides is 2. The Hall–Kier alpha value is -2.82. The van der Waals surface area contributed by atoms with Crippen molar-refractivity contribution in [2.75, 3.05) is 16.8 Å². The number of nitrogens with one attached hydrogen (secondary N) is 1. The topological polar surface area (TPSA) is 58.6 Å². The van der Waals surface area contributed by atoms with Crippen LogP contribution in [-0.2, 0) is 4.79 Å². The number of benzene rings is 2. The fourth-order valence-corrected chi connectivity index (χ4v) is 2.84. The third-order valence-corrected chi connectivity index (χ3v) is 4.00. The highest BCUT2D eigenvalue weighted by atomic mass is 16.5. The van der Waals surface area contributed by atoms with Gasteiger partial charge in [0.2, 0.25) is 0 Å². The van der Waals surface area contributed by atoms with Crippen molar-refractivity contribution in [1.29, 1.82) is 0 Å². The molecule has 1 aliphatic heterocycles. The molecule has 0 aromatic heterocycles. The van der Waals surface area contributed by atoms with Gasteiger partial charge in [0.1, 0.15) is 5.75 Å². The number of hydrogen-bond acceptors (Lipinski definition) is 3. The fourth-order valence-electron chi connectivity index (χ4n) is 2.84. The number of carbonyl (C=O) groups excluding carboxylic acids is 2. The molecule has 5 heteroatoms. The van der Waals surface area contributed by atoms with E-state index in [1.54, 1.807) is 29.2 Å². The number of carbonyl (C=O) groups is 2. The first-order valence-electron chi connectivity index (χ1n) is 7.93. The lowest BCUT2D eigenvalue weighted by Crippen LogP contribution is -2.43. The first-order chi connectivity index (χ1) is 11.5. The Bertz CT molecular complexity index is 799. The Morgan fingerprint density at radius 2 is 1.96 bits per heavy atom. The molecule has 0 radical (unpaired) electrons. The minimum Gasteiger partial charge on any atom is -0.482 e. The molecular formula is C19H20N2O3. The van der Waals surface area contributed by atoms with Crippen LogP contribution in [0.3, 0.4) is 0 Å². The van der Waals surface area contributed by atoms with Gasteiger partial charge in [-0.1, -0.05) is 18.2 Å². The fraction of sp³-hybridized carbons (Fsp3) is 0.263. The van der Waals surface area contributed by atoms with Crippen molar-refractivity contribution in [3.8, 4) is 5.75 Å². The molecule has 0 spiro atoms. The number of ether oxygens (including phenoxy) is 1. The van der Waals surface area contributed by atoms with Gasteiger partial charge in [0.05, 0.1) is 5.69 Å². The Morgan fingerprint density at radius 3 is 2.67 bits per heavy atom. The van der Waals surface area contributed by atoms with Crippen LogP contribution in [0.1, 0.15) is 29.8 Å². The molecule has 0 saturated heterocycles. The van der Waals surface area contributed by atoms with Crippen molar-refractivity contribution in [3.05, 3.63) is 53.6 Å². The molecule has 1 heterocycles. The Labute approximate surface area is 141 Å². The van der Waals surface area contributed by atoms with Gasteiger partial charge >= 0.3 is 0 Å². The molecule has 0 fully saturated rings. The van der Waals surface area contributed by atoms with E-state index in [1.807, 2.05) is 39.0 Å². The summed E-state index contributed by atoms with van der Waals surface area (Å²) in [6, 6.07) is 12.8. The zero-order valence-electron chi connectivity index (χ0n) is 14.0. The zero-order chi connectivity index (χ0) is 17.3. The molecule has 0 bridgehead atoms. The van der Waals surface area contributed by atoms with Gasteiger partial charge in [-0.05, 0) is 50.6 Å². The van der Waals surface area contributed by atoms with Gasteiger partial charge in [-0.2, -0.15) is 0 Å². The maximum Gasteiger partial charge on any atom is 0.265 e. The van der Waals surface area contributed by atoms with Crippen LogP contribution in [0.25, 0.3) is 0 Å². The van der Waals surface area contributed by atoms with Crippen molar-refractivity contribution < 1.29 is 14.3 Å². The van der Waals surface area contributed by atoms with Gasteiger partial charge in [0.25, 0.3) is 11.8 Å². The summed E-state index contributed by atoms with van der Waals surface area (Å²) in [5.74, 6) is 0.393. The van der Waals surface area contributed by atoms with E-state index in [-0.39, 0.29) is 24.5 Å². The standard InChI is InChI=1S/C19H20N2O3/c1-12(2)21-16-10-14(8-9-17(16)24-11-18(21)22)20-19(23)15-7-5-4-6-13(15)3/h4-10,12H,11H2,1-3H3,(H,20,23). The highest BCUT2D eigenvalue weighted by Crippen LogP contribution is 2.35. The summed E-state index contributed by atoms with van der Waals surface area (Å²) in [5.41, 5.74) is 2.85. The third kappa shape index (κ3) is 2.97. The quantitative estimate of drug-likeness (QED) is 0.941. The summed E-state index contributed by atoms with van der Waals surface area (Å²) in [5, 5.41) is 2.89. The molecule has 2 amide bonds. The van der Waals surface area contributed by atoms with Crippen molar-refractivity contribution in [2.24, 2.45) is 0 Å². The van der Waals surface area contributed by atoms with E-state index in [9.17, 15) is 9.59 Å². The third-order valence-electron chi connectivity index (χ3n) is 4.00. The number of rotatable bonds is 3. The molecule has 0 aliphatic carbocycles. The van der Waals surface area contributed by atoms with Crippen LogP contribution in [-0.4, -0.2) is 24.5 Å². The number of fused-ring (bicyclic) bond motifs is 1. The molecule has 2 aromatic rings. The average Bonchev–Trinajstić information content (AvgIpc) is 2.54. The monoisotopic (exact) mass is 324 g/mol. The minimum absolute atomic E-state index is 0.0162. The summed E-state index contributed by atoms with van der Waals surface area (Å²) in [7, 11) is 0. The highest BCUT2D eigenvalue weighted by Gasteiger charge is 2.28. The van der Waals surface area contributed by atoms with Crippen LogP contribution < -0.4 is 15.0 Å². The second-order valence-electron chi connectivity index (χ2n) is 6.10. The zero-order valence-corrected chi connectivity index (χ0v) is 14.0. The summed E-state index contributed by atoms with van der Waals surface area (Å²) in [4.78, 5) is 26.3. The number of aryl methyl sites for hydroxylation is 1. The molecule has 1 N–H and O–H groups in total. The minimum atomic E-state index is -0.174. The number of nitrogens with zero attached hydrogens (tertiary/aromatic N) is 1. The second-order valence-corrected chi connectivity index (χ2v) is 6.10. The normalized spacial score (nSPS) is 13.5. The highest BCUT2D eigenvalue weighted by molar-refractivity contribution is 6.06. The molecule has 124 valence electrons. The average molecular weight is 324 g/mol. The maximum atomic E-state index is 12.5. The van der Waals surface area contributed by atoms with E-state index in [4.69, 9.17) is 4.74 Å². The summed E-state index contributed by atoms with van der Waals surface area (Å²) < 4.78 is 5.48. The lowest BCUT2D eigenvalue weighted by Gasteiger charge is -2.32. The van der Waals surface area contributed by atoms with Gasteiger partial charge in [-0.3, -0.25) is 9.59 Å². The SMILES string of the molecule is Cc1ccccc1C(=O)Nc1ccc2c(c1)N(C(C)C)C(=O)CO2. The first kappa shape index (κ1) is 16.1. The van der Waals surface area contributed by atoms with Crippen molar-refractivity contribution in [2.45, 2.75) is 26.8 Å². The summed E-state index contributed by atoms with van der Waals surface area (Å²) in [6.45, 7) is 5.84. The van der Waals surface area contributed by atoms with Gasteiger partial charge in [0, 0.05) is 17.3 Å². The van der Waals surface area contributed by atoms with E-state index in [0.29, 0.717) is 22.7 Å². The molecule has 1 aliphatic rings. The van der Waals surface area contributed by atoms with Crippen LogP contribution in [0.15, 0.2) is 42.5 Å². The Morgan fingerprint density at radius 1 is 1.21 bits per heavy atom. The lowest BCUT2D eigenvalue weighted by atomic mass is 10.1. The van der Waals surface area contributed by atoms with Crippen molar-refractivity contribution in [3.63, 3.8) is 0 Å². The molecule has 3 rings (SSSR count). The number of anilines is 2. The first-order valence-corrected chi connectivity index (χ1v) is 7.93. The molecule has 0 unspecified atom stereocenters. The lowest BCUT2D eigenvalue weighted by molar-refractivity contribution is -0.121. The number of hydrogen-bond donors (Lipinski definition) is 1. The van der Waals surface area contributed by atoms with Crippen LogP contribution in [0, 0.1) is 6.92 Å². The Kier molecular flexibility index (Phi) is 4.25. The molecule has 2 aromatic carbocycles. The van der Waals surface area contributed by atoms with Crippen LogP contribution in [0.2, 0.25) is 0 Å². The van der Waals surface area contributed by atoms with Crippen molar-refractivity contribution in [1.82, 2.24) is 0 Å². The van der Waals surface area contributed by atoms with Gasteiger partial charge < -0.3 is 15.0 Å². The molecule has 5 nitrogen and oxygen atoms in total. The van der Waals surface area contributed by atoms with Gasteiger partial charge in [0.15, 0.2) is 6.61 Å². The molecule has 0 atom stereocenters. The Balaban J connectivity index is 1.90.